The number of rotatable bonds is 4. The van der Waals surface area contributed by atoms with E-state index in [1.807, 2.05) is 7.05 Å². The molecule has 0 radical (unpaired) electrons. The Morgan fingerprint density at radius 2 is 1.39 bits per heavy atom. The molecule has 0 atom stereocenters. The Labute approximate surface area is 196 Å². The quantitative estimate of drug-likeness (QED) is 0.687. The molecule has 10 heteroatoms. The van der Waals surface area contributed by atoms with Crippen LogP contribution in [-0.4, -0.2) is 62.7 Å². The number of benzene rings is 2. The van der Waals surface area contributed by atoms with Crippen molar-refractivity contribution in [2.45, 2.75) is 4.90 Å². The zero-order valence-electron chi connectivity index (χ0n) is 17.8. The van der Waals surface area contributed by atoms with E-state index < -0.39 is 21.8 Å². The first-order valence-corrected chi connectivity index (χ1v) is 12.2. The molecular formula is C23H21ClN4O4S. The molecule has 1 fully saturated rings. The highest BCUT2D eigenvalue weighted by molar-refractivity contribution is 7.89. The van der Waals surface area contributed by atoms with Crippen LogP contribution in [0.4, 0.5) is 0 Å². The largest absolute Gasteiger partial charge is 0.321 e. The van der Waals surface area contributed by atoms with Crippen LogP contribution in [0, 0.1) is 0 Å². The molecule has 8 nitrogen and oxygen atoms in total. The monoisotopic (exact) mass is 484 g/mol. The van der Waals surface area contributed by atoms with Gasteiger partial charge in [0.1, 0.15) is 0 Å². The summed E-state index contributed by atoms with van der Waals surface area (Å²) in [4.78, 5) is 27.9. The Morgan fingerprint density at radius 3 is 2.00 bits per heavy atom. The number of hydrogen-bond donors (Lipinski definition) is 2. The maximum absolute atomic E-state index is 13.2. The molecule has 3 heterocycles. The maximum atomic E-state index is 13.2. The number of nitrogens with zero attached hydrogens (tertiary/aromatic N) is 2. The fourth-order valence-corrected chi connectivity index (χ4v) is 5.81. The van der Waals surface area contributed by atoms with E-state index in [-0.39, 0.29) is 16.0 Å². The Bertz CT molecular complexity index is 1340. The van der Waals surface area contributed by atoms with Gasteiger partial charge in [0.15, 0.2) is 0 Å². The molecule has 0 bridgehead atoms. The molecule has 3 aliphatic heterocycles. The van der Waals surface area contributed by atoms with Gasteiger partial charge in [-0.1, -0.05) is 35.9 Å². The Balaban J connectivity index is 1.55. The van der Waals surface area contributed by atoms with Crippen LogP contribution in [0.3, 0.4) is 0 Å². The first-order valence-electron chi connectivity index (χ1n) is 10.4. The van der Waals surface area contributed by atoms with Crippen LogP contribution >= 0.6 is 11.6 Å². The third kappa shape index (κ3) is 3.76. The van der Waals surface area contributed by atoms with Crippen molar-refractivity contribution in [2.75, 3.05) is 33.2 Å². The van der Waals surface area contributed by atoms with Crippen molar-refractivity contribution in [3.8, 4) is 0 Å². The zero-order chi connectivity index (χ0) is 23.3. The summed E-state index contributed by atoms with van der Waals surface area (Å²) in [5.41, 5.74) is 2.26. The van der Waals surface area contributed by atoms with Crippen molar-refractivity contribution in [1.82, 2.24) is 19.8 Å². The molecule has 2 amide bonds. The standard InChI is InChI=1S/C23H21ClN4O4S/c1-27-9-11-28(12-10-27)33(31,32)17-4-2-3-15(13-17)21-19-18(22(29)26-21)20(25-23(19)30)14-5-7-16(24)8-6-14/h2-8,13H,9-12H2,1H3,(H,25,30)(H,26,29). The Kier molecular flexibility index (Phi) is 5.37. The number of nitrogens with one attached hydrogen (secondary N) is 2. The van der Waals surface area contributed by atoms with Crippen molar-refractivity contribution in [3.63, 3.8) is 0 Å². The van der Waals surface area contributed by atoms with Crippen LogP contribution in [0.25, 0.3) is 11.4 Å². The van der Waals surface area contributed by atoms with Gasteiger partial charge >= 0.3 is 0 Å². The topological polar surface area (TPSA) is 98.8 Å². The number of halogens is 1. The summed E-state index contributed by atoms with van der Waals surface area (Å²) in [7, 11) is -1.74. The summed E-state index contributed by atoms with van der Waals surface area (Å²) >= 11 is 5.96. The smallest absolute Gasteiger partial charge is 0.258 e. The number of fused-ring (bicyclic) bond motifs is 1. The van der Waals surface area contributed by atoms with Crippen molar-refractivity contribution >= 4 is 44.8 Å². The van der Waals surface area contributed by atoms with Gasteiger partial charge in [-0.25, -0.2) is 8.42 Å². The van der Waals surface area contributed by atoms with Crippen LogP contribution < -0.4 is 10.6 Å². The van der Waals surface area contributed by atoms with E-state index >= 15 is 0 Å². The first kappa shape index (κ1) is 21.8. The van der Waals surface area contributed by atoms with Gasteiger partial charge in [-0.2, -0.15) is 4.31 Å². The van der Waals surface area contributed by atoms with E-state index in [0.717, 1.165) is 0 Å². The highest BCUT2D eigenvalue weighted by Crippen LogP contribution is 2.38. The summed E-state index contributed by atoms with van der Waals surface area (Å²) in [6, 6.07) is 13.1. The van der Waals surface area contributed by atoms with E-state index in [0.29, 0.717) is 53.7 Å². The number of amides is 2. The second kappa shape index (κ2) is 8.11. The molecule has 3 aliphatic rings. The van der Waals surface area contributed by atoms with Crippen LogP contribution in [0.2, 0.25) is 5.02 Å². The molecule has 5 rings (SSSR count). The molecule has 1 saturated heterocycles. The molecule has 0 spiro atoms. The fourth-order valence-electron chi connectivity index (χ4n) is 4.22. The van der Waals surface area contributed by atoms with E-state index in [2.05, 4.69) is 15.5 Å². The van der Waals surface area contributed by atoms with Crippen LogP contribution in [0.5, 0.6) is 0 Å². The van der Waals surface area contributed by atoms with E-state index in [4.69, 9.17) is 11.6 Å². The van der Waals surface area contributed by atoms with Gasteiger partial charge in [0.2, 0.25) is 10.0 Å². The predicted molar refractivity (Wildman–Crippen MR) is 124 cm³/mol. The summed E-state index contributed by atoms with van der Waals surface area (Å²) in [6.07, 6.45) is 0. The van der Waals surface area contributed by atoms with Gasteiger partial charge in [0.25, 0.3) is 11.8 Å². The minimum Gasteiger partial charge on any atom is -0.321 e. The summed E-state index contributed by atoms with van der Waals surface area (Å²) in [5, 5.41) is 6.07. The average Bonchev–Trinajstić information content (AvgIpc) is 3.33. The van der Waals surface area contributed by atoms with Crippen LogP contribution in [0.15, 0.2) is 64.6 Å². The molecule has 2 N–H and O–H groups in total. The van der Waals surface area contributed by atoms with Crippen molar-refractivity contribution in [2.24, 2.45) is 0 Å². The molecule has 0 unspecified atom stereocenters. The predicted octanol–water partition coefficient (Wildman–Crippen LogP) is 1.66. The minimum absolute atomic E-state index is 0.126. The number of piperazine rings is 1. The van der Waals surface area contributed by atoms with E-state index in [1.165, 1.54) is 16.4 Å². The molecule has 0 aromatic heterocycles. The minimum atomic E-state index is -3.70. The Morgan fingerprint density at radius 1 is 0.818 bits per heavy atom. The third-order valence-electron chi connectivity index (χ3n) is 6.04. The summed E-state index contributed by atoms with van der Waals surface area (Å²) in [5.74, 6) is -0.841. The third-order valence-corrected chi connectivity index (χ3v) is 8.18. The lowest BCUT2D eigenvalue weighted by Crippen LogP contribution is -2.47. The number of sulfonamides is 1. The zero-order valence-corrected chi connectivity index (χ0v) is 19.3. The second-order valence-corrected chi connectivity index (χ2v) is 10.5. The number of carbonyl (C=O) groups excluding carboxylic acids is 2. The highest BCUT2D eigenvalue weighted by Gasteiger charge is 2.41. The number of carbonyl (C=O) groups is 2. The molecule has 2 aromatic carbocycles. The molecule has 33 heavy (non-hydrogen) atoms. The normalized spacial score (nSPS) is 19.7. The lowest BCUT2D eigenvalue weighted by Gasteiger charge is -2.31. The van der Waals surface area contributed by atoms with E-state index in [1.54, 1.807) is 36.4 Å². The molecule has 0 saturated carbocycles. The SMILES string of the molecule is CN1CCN(S(=O)(=O)c2cccc(C3=C4C(=O)NC(c5ccc(Cl)cc5)=C4C(=O)N3)c2)CC1. The fraction of sp³-hybridized carbons (Fsp3) is 0.217. The number of hydrogen-bond acceptors (Lipinski definition) is 5. The summed E-state index contributed by atoms with van der Waals surface area (Å²) in [6.45, 7) is 2.14. The summed E-state index contributed by atoms with van der Waals surface area (Å²) < 4.78 is 27.8. The average molecular weight is 485 g/mol. The number of likely N-dealkylation sites (N-methyl/N-ethyl adjacent to an activating group) is 1. The van der Waals surface area contributed by atoms with Gasteiger partial charge in [0.05, 0.1) is 27.4 Å². The van der Waals surface area contributed by atoms with Crippen molar-refractivity contribution < 1.29 is 18.0 Å². The van der Waals surface area contributed by atoms with Crippen LogP contribution in [-0.2, 0) is 19.6 Å². The Hall–Kier alpha value is -2.98. The van der Waals surface area contributed by atoms with Crippen LogP contribution in [0.1, 0.15) is 11.1 Å². The lowest BCUT2D eigenvalue weighted by molar-refractivity contribution is -0.117. The molecule has 170 valence electrons. The molecule has 2 aromatic rings. The van der Waals surface area contributed by atoms with Gasteiger partial charge < -0.3 is 15.5 Å². The first-order chi connectivity index (χ1) is 15.8. The highest BCUT2D eigenvalue weighted by atomic mass is 35.5. The van der Waals surface area contributed by atoms with Crippen molar-refractivity contribution in [1.29, 1.82) is 0 Å². The lowest BCUT2D eigenvalue weighted by atomic mass is 10.0. The maximum Gasteiger partial charge on any atom is 0.258 e. The molecule has 0 aliphatic carbocycles. The van der Waals surface area contributed by atoms with Gasteiger partial charge in [-0.15, -0.1) is 0 Å². The second-order valence-electron chi connectivity index (χ2n) is 8.15. The van der Waals surface area contributed by atoms with Crippen molar-refractivity contribution in [3.05, 3.63) is 75.8 Å². The van der Waals surface area contributed by atoms with Gasteiger partial charge in [-0.3, -0.25) is 9.59 Å². The molecular weight excluding hydrogens is 464 g/mol. The van der Waals surface area contributed by atoms with Gasteiger partial charge in [-0.05, 0) is 36.9 Å². The van der Waals surface area contributed by atoms with E-state index in [9.17, 15) is 18.0 Å². The van der Waals surface area contributed by atoms with Gasteiger partial charge in [0, 0.05) is 36.8 Å².